The number of hydrogen-bond donors (Lipinski definition) is 2. The van der Waals surface area contributed by atoms with Crippen LogP contribution in [0.4, 0.5) is 15.8 Å². The van der Waals surface area contributed by atoms with Crippen LogP contribution in [0.25, 0.3) is 0 Å². The molecule has 0 amide bonds. The van der Waals surface area contributed by atoms with Crippen molar-refractivity contribution in [1.29, 1.82) is 0 Å². The molecule has 41 heavy (non-hydrogen) atoms. The van der Waals surface area contributed by atoms with E-state index in [0.29, 0.717) is 34.7 Å². The summed E-state index contributed by atoms with van der Waals surface area (Å²) in [5.41, 5.74) is 13.3. The van der Waals surface area contributed by atoms with Crippen LogP contribution in [-0.2, 0) is 4.74 Å². The Morgan fingerprint density at radius 3 is 1.90 bits per heavy atom. The summed E-state index contributed by atoms with van der Waals surface area (Å²) in [5.74, 6) is 5.89. The van der Waals surface area contributed by atoms with Gasteiger partial charge in [-0.15, -0.1) is 0 Å². The summed E-state index contributed by atoms with van der Waals surface area (Å²) in [6, 6.07) is 3.03. The second-order valence-corrected chi connectivity index (χ2v) is 14.2. The molecule has 0 saturated heterocycles. The van der Waals surface area contributed by atoms with Crippen LogP contribution in [0.1, 0.15) is 130 Å². The predicted molar refractivity (Wildman–Crippen MR) is 175 cm³/mol. The Labute approximate surface area is 252 Å². The van der Waals surface area contributed by atoms with Crippen molar-refractivity contribution in [3.05, 3.63) is 35.7 Å². The smallest absolute Gasteiger partial charge is 0.133 e. The maximum absolute atomic E-state index is 15.0. The molecule has 0 spiro atoms. The minimum absolute atomic E-state index is 0.215. The number of halogens is 1. The molecule has 1 aromatic carbocycles. The molecule has 4 N–H and O–H groups in total. The molecule has 0 bridgehead atoms. The largest absolute Gasteiger partial charge is 0.399 e. The van der Waals surface area contributed by atoms with Crippen LogP contribution in [0.3, 0.4) is 0 Å². The molecular formula is C37H63FN2O. The molecule has 1 aromatic rings. The first-order chi connectivity index (χ1) is 19.6. The Kier molecular flexibility index (Phi) is 13.5. The number of anilines is 2. The molecule has 3 rings (SSSR count). The molecule has 234 valence electrons. The van der Waals surface area contributed by atoms with Crippen molar-refractivity contribution in [1.82, 2.24) is 0 Å². The lowest BCUT2D eigenvalue weighted by Crippen LogP contribution is -2.30. The van der Waals surface area contributed by atoms with Crippen LogP contribution in [0.15, 0.2) is 24.3 Å². The average molecular weight is 571 g/mol. The Hall–Kier alpha value is -1.55. The number of unbranched alkanes of at least 4 members (excludes halogenated alkanes) is 1. The third kappa shape index (κ3) is 8.97. The van der Waals surface area contributed by atoms with Gasteiger partial charge in [0.15, 0.2) is 0 Å². The van der Waals surface area contributed by atoms with Gasteiger partial charge in [0.25, 0.3) is 0 Å². The highest BCUT2D eigenvalue weighted by molar-refractivity contribution is 5.58. The number of nitrogens with two attached hydrogens (primary N) is 2. The van der Waals surface area contributed by atoms with Gasteiger partial charge in [0.1, 0.15) is 5.82 Å². The van der Waals surface area contributed by atoms with E-state index in [9.17, 15) is 4.39 Å². The van der Waals surface area contributed by atoms with Crippen molar-refractivity contribution in [2.75, 3.05) is 18.6 Å². The van der Waals surface area contributed by atoms with E-state index < -0.39 is 0 Å². The first-order valence-corrected chi connectivity index (χ1v) is 17.2. The fraction of sp³-hybridized carbons (Fsp3) is 0.784. The normalized spacial score (nSPS) is 27.5. The van der Waals surface area contributed by atoms with Crippen LogP contribution in [0, 0.1) is 59.1 Å². The Morgan fingerprint density at radius 2 is 1.44 bits per heavy atom. The van der Waals surface area contributed by atoms with E-state index in [1.54, 1.807) is 13.2 Å². The zero-order valence-electron chi connectivity index (χ0n) is 27.5. The highest BCUT2D eigenvalue weighted by atomic mass is 19.1. The Bertz CT molecular complexity index is 906. The first-order valence-electron chi connectivity index (χ1n) is 17.2. The van der Waals surface area contributed by atoms with Crippen molar-refractivity contribution in [2.45, 2.75) is 125 Å². The van der Waals surface area contributed by atoms with Gasteiger partial charge in [-0.25, -0.2) is 4.39 Å². The van der Waals surface area contributed by atoms with E-state index >= 15 is 0 Å². The van der Waals surface area contributed by atoms with Gasteiger partial charge >= 0.3 is 0 Å². The van der Waals surface area contributed by atoms with Gasteiger partial charge in [-0.3, -0.25) is 0 Å². The molecule has 5 unspecified atom stereocenters. The highest BCUT2D eigenvalue weighted by Gasteiger charge is 2.36. The summed E-state index contributed by atoms with van der Waals surface area (Å²) in [6.07, 6.45) is 20.5. The van der Waals surface area contributed by atoms with Crippen molar-refractivity contribution >= 4 is 11.4 Å². The summed E-state index contributed by atoms with van der Waals surface area (Å²) in [6.45, 7) is 14.2. The molecular weight excluding hydrogens is 507 g/mol. The van der Waals surface area contributed by atoms with E-state index in [4.69, 9.17) is 16.2 Å². The number of benzene rings is 1. The molecule has 0 aliphatic heterocycles. The second kappa shape index (κ2) is 16.3. The fourth-order valence-electron chi connectivity index (χ4n) is 8.48. The molecule has 2 aliphatic rings. The van der Waals surface area contributed by atoms with Crippen LogP contribution >= 0.6 is 0 Å². The van der Waals surface area contributed by atoms with Gasteiger partial charge in [-0.05, 0) is 123 Å². The minimum Gasteiger partial charge on any atom is -0.399 e. The zero-order valence-corrected chi connectivity index (χ0v) is 27.5. The number of ether oxygens (including phenoxy) is 1. The fourth-order valence-corrected chi connectivity index (χ4v) is 8.48. The molecule has 4 heteroatoms. The summed E-state index contributed by atoms with van der Waals surface area (Å²) in [7, 11) is 1.68. The van der Waals surface area contributed by atoms with Crippen LogP contribution < -0.4 is 11.5 Å². The molecule has 0 aromatic heterocycles. The monoisotopic (exact) mass is 570 g/mol. The first kappa shape index (κ1) is 33.9. The maximum atomic E-state index is 15.0. The van der Waals surface area contributed by atoms with Crippen LogP contribution in [0.2, 0.25) is 0 Å². The van der Waals surface area contributed by atoms with E-state index in [1.807, 2.05) is 0 Å². The quantitative estimate of drug-likeness (QED) is 0.173. The lowest BCUT2D eigenvalue weighted by Gasteiger charge is -2.39. The number of methoxy groups -OCH3 is 1. The molecule has 2 fully saturated rings. The number of nitrogen functional groups attached to an aromatic ring is 2. The van der Waals surface area contributed by atoms with Crippen molar-refractivity contribution in [3.8, 4) is 0 Å². The number of hydrogen-bond acceptors (Lipinski definition) is 3. The van der Waals surface area contributed by atoms with Gasteiger partial charge in [0.2, 0.25) is 0 Å². The van der Waals surface area contributed by atoms with Gasteiger partial charge in [-0.1, -0.05) is 73.0 Å². The molecule has 2 aliphatic carbocycles. The van der Waals surface area contributed by atoms with Crippen LogP contribution in [0.5, 0.6) is 0 Å². The Morgan fingerprint density at radius 1 is 0.878 bits per heavy atom. The number of allylic oxidation sites excluding steroid dienone is 2. The van der Waals surface area contributed by atoms with Gasteiger partial charge in [0, 0.05) is 24.0 Å². The third-order valence-electron chi connectivity index (χ3n) is 11.5. The van der Waals surface area contributed by atoms with E-state index in [2.05, 4.69) is 53.7 Å². The van der Waals surface area contributed by atoms with Crippen molar-refractivity contribution < 1.29 is 9.13 Å². The molecule has 0 radical (unpaired) electrons. The summed E-state index contributed by atoms with van der Waals surface area (Å²) in [5, 5.41) is 0. The zero-order chi connectivity index (χ0) is 30.1. The SMILES string of the molecule is CCCCC(C1CCC(/C=C/C2CCC(C(C)C(CC)C(OC)c3c(N)cc(N)cc3F)CC2)CC1)C(C)C(C)C. The van der Waals surface area contributed by atoms with E-state index in [-0.39, 0.29) is 17.8 Å². The minimum atomic E-state index is -0.353. The summed E-state index contributed by atoms with van der Waals surface area (Å²) in [4.78, 5) is 0. The molecule has 5 atom stereocenters. The number of rotatable bonds is 14. The maximum Gasteiger partial charge on any atom is 0.133 e. The van der Waals surface area contributed by atoms with Crippen molar-refractivity contribution in [2.24, 2.45) is 53.3 Å². The van der Waals surface area contributed by atoms with E-state index in [0.717, 1.165) is 36.0 Å². The molecule has 3 nitrogen and oxygen atoms in total. The molecule has 2 saturated carbocycles. The second-order valence-electron chi connectivity index (χ2n) is 14.2. The van der Waals surface area contributed by atoms with Gasteiger partial charge in [-0.2, -0.15) is 0 Å². The summed E-state index contributed by atoms with van der Waals surface area (Å²) >= 11 is 0. The average Bonchev–Trinajstić information content (AvgIpc) is 2.95. The molecule has 0 heterocycles. The standard InChI is InChI=1S/C37H63FN2O/c1-8-10-11-33(25(5)24(3)4)30-20-16-28(17-21-30)13-12-27-14-18-29(19-15-27)26(6)32(9-2)37(41-7)36-34(38)22-31(39)23-35(36)40/h12-13,22-30,32-33,37H,8-11,14-21,39-40H2,1-7H3/b13-12+. The third-order valence-corrected chi connectivity index (χ3v) is 11.5. The Balaban J connectivity index is 1.52. The topological polar surface area (TPSA) is 61.3 Å². The van der Waals surface area contributed by atoms with E-state index in [1.165, 1.54) is 76.7 Å². The van der Waals surface area contributed by atoms with Crippen LogP contribution in [-0.4, -0.2) is 7.11 Å². The lowest BCUT2D eigenvalue weighted by molar-refractivity contribution is 0.00523. The van der Waals surface area contributed by atoms with Gasteiger partial charge < -0.3 is 16.2 Å². The summed E-state index contributed by atoms with van der Waals surface area (Å²) < 4.78 is 20.9. The van der Waals surface area contributed by atoms with Crippen molar-refractivity contribution in [3.63, 3.8) is 0 Å². The van der Waals surface area contributed by atoms with Gasteiger partial charge in [0.05, 0.1) is 6.10 Å². The lowest BCUT2D eigenvalue weighted by atomic mass is 9.67. The predicted octanol–water partition coefficient (Wildman–Crippen LogP) is 10.6. The highest BCUT2D eigenvalue weighted by Crippen LogP contribution is 2.45.